The van der Waals surface area contributed by atoms with E-state index < -0.39 is 0 Å². The predicted octanol–water partition coefficient (Wildman–Crippen LogP) is 5.52. The largest absolute Gasteiger partial charge is 0.497 e. The molecule has 0 fully saturated rings. The molecule has 1 N–H and O–H groups in total. The number of rotatable bonds is 6. The van der Waals surface area contributed by atoms with E-state index in [0.717, 1.165) is 11.3 Å². The van der Waals surface area contributed by atoms with Crippen LogP contribution < -0.4 is 10.1 Å². The minimum absolute atomic E-state index is 0.267. The Morgan fingerprint density at radius 2 is 1.71 bits per heavy atom. The highest BCUT2D eigenvalue weighted by Crippen LogP contribution is 2.20. The van der Waals surface area contributed by atoms with E-state index in [1.54, 1.807) is 61.8 Å². The number of aromatic nitrogens is 2. The van der Waals surface area contributed by atoms with Gasteiger partial charge in [0.05, 0.1) is 7.11 Å². The first kappa shape index (κ1) is 20.6. The van der Waals surface area contributed by atoms with Gasteiger partial charge in [0, 0.05) is 29.0 Å². The molecule has 156 valence electrons. The molecule has 1 amide bonds. The smallest absolute Gasteiger partial charge is 0.275 e. The van der Waals surface area contributed by atoms with Crippen molar-refractivity contribution in [3.8, 4) is 11.4 Å². The van der Waals surface area contributed by atoms with Gasteiger partial charge in [-0.15, -0.1) is 0 Å². The van der Waals surface area contributed by atoms with Crippen LogP contribution >= 0.6 is 11.6 Å². The first-order chi connectivity index (χ1) is 15.0. The van der Waals surface area contributed by atoms with Crippen molar-refractivity contribution in [1.29, 1.82) is 0 Å². The number of anilines is 1. The van der Waals surface area contributed by atoms with Crippen LogP contribution in [0.1, 0.15) is 21.9 Å². The molecule has 1 aromatic heterocycles. The van der Waals surface area contributed by atoms with Crippen LogP contribution in [-0.2, 0) is 6.42 Å². The van der Waals surface area contributed by atoms with Crippen molar-refractivity contribution in [3.63, 3.8) is 0 Å². The number of benzene rings is 3. The van der Waals surface area contributed by atoms with Gasteiger partial charge < -0.3 is 14.6 Å². The molecule has 3 aromatic carbocycles. The number of carbonyl (C=O) groups excluding carboxylic acids is 1. The summed E-state index contributed by atoms with van der Waals surface area (Å²) in [7, 11) is 1.58. The van der Waals surface area contributed by atoms with Gasteiger partial charge in [0.1, 0.15) is 23.1 Å². The molecule has 0 bridgehead atoms. The number of carbonyl (C=O) groups is 1. The summed E-state index contributed by atoms with van der Waals surface area (Å²) in [5.74, 6) is 0.711. The number of nitrogens with one attached hydrogen (secondary N) is 1. The molecule has 0 aliphatic carbocycles. The first-order valence-corrected chi connectivity index (χ1v) is 9.93. The van der Waals surface area contributed by atoms with E-state index in [4.69, 9.17) is 16.3 Å². The molecule has 0 saturated carbocycles. The number of hydrogen-bond acceptors (Lipinski definition) is 3. The maximum atomic E-state index is 13.3. The lowest BCUT2D eigenvalue weighted by atomic mass is 10.1. The number of ether oxygens (including phenoxy) is 1. The Labute approximate surface area is 184 Å². The van der Waals surface area contributed by atoms with Crippen LogP contribution in [0.15, 0.2) is 79.0 Å². The molecule has 1 heterocycles. The van der Waals surface area contributed by atoms with Crippen molar-refractivity contribution >= 4 is 23.2 Å². The minimum atomic E-state index is -0.335. The van der Waals surface area contributed by atoms with E-state index in [1.165, 1.54) is 12.1 Å². The zero-order chi connectivity index (χ0) is 21.8. The van der Waals surface area contributed by atoms with Gasteiger partial charge in [-0.2, -0.15) is 0 Å². The maximum Gasteiger partial charge on any atom is 0.275 e. The summed E-state index contributed by atoms with van der Waals surface area (Å²) < 4.78 is 20.3. The summed E-state index contributed by atoms with van der Waals surface area (Å²) in [5, 5.41) is 3.45. The molecule has 0 saturated heterocycles. The highest BCUT2D eigenvalue weighted by atomic mass is 35.5. The zero-order valence-corrected chi connectivity index (χ0v) is 17.4. The highest BCUT2D eigenvalue weighted by Gasteiger charge is 2.16. The number of amides is 1. The Balaban J connectivity index is 1.65. The van der Waals surface area contributed by atoms with Gasteiger partial charge in [-0.05, 0) is 66.2 Å². The number of halogens is 2. The van der Waals surface area contributed by atoms with E-state index in [9.17, 15) is 9.18 Å². The van der Waals surface area contributed by atoms with Crippen LogP contribution in [0.5, 0.6) is 5.75 Å². The standard InChI is InChI=1S/C24H19ClFN3O2/c1-31-21-12-8-19(9-13-21)27-24(30)22-15-29(20-10-4-17(25)5-11-20)23(28-22)14-16-2-6-18(26)7-3-16/h2-13,15H,14H2,1H3,(H,27,30). The molecular formula is C24H19ClFN3O2. The van der Waals surface area contributed by atoms with E-state index in [0.29, 0.717) is 28.7 Å². The first-order valence-electron chi connectivity index (χ1n) is 9.56. The second-order valence-corrected chi connectivity index (χ2v) is 7.31. The average Bonchev–Trinajstić information content (AvgIpc) is 3.20. The topological polar surface area (TPSA) is 56.1 Å². The molecule has 5 nitrogen and oxygen atoms in total. The minimum Gasteiger partial charge on any atom is -0.497 e. The van der Waals surface area contributed by atoms with Crippen LogP contribution in [0.2, 0.25) is 5.02 Å². The van der Waals surface area contributed by atoms with Gasteiger partial charge in [0.25, 0.3) is 5.91 Å². The van der Waals surface area contributed by atoms with E-state index in [2.05, 4.69) is 10.3 Å². The summed E-state index contributed by atoms with van der Waals surface area (Å²) in [6.45, 7) is 0. The quantitative estimate of drug-likeness (QED) is 0.434. The van der Waals surface area contributed by atoms with Crippen LogP contribution in [0, 0.1) is 5.82 Å². The summed E-state index contributed by atoms with van der Waals surface area (Å²) in [4.78, 5) is 17.4. The molecule has 0 spiro atoms. The molecular weight excluding hydrogens is 417 g/mol. The molecule has 0 unspecified atom stereocenters. The number of nitrogens with zero attached hydrogens (tertiary/aromatic N) is 2. The molecule has 7 heteroatoms. The summed E-state index contributed by atoms with van der Waals surface area (Å²) in [5.41, 5.74) is 2.59. The van der Waals surface area contributed by atoms with Crippen molar-refractivity contribution in [3.05, 3.63) is 107 Å². The van der Waals surface area contributed by atoms with Gasteiger partial charge in [-0.3, -0.25) is 4.79 Å². The monoisotopic (exact) mass is 435 g/mol. The van der Waals surface area contributed by atoms with Crippen molar-refractivity contribution in [2.75, 3.05) is 12.4 Å². The Morgan fingerprint density at radius 1 is 1.03 bits per heavy atom. The predicted molar refractivity (Wildman–Crippen MR) is 119 cm³/mol. The molecule has 4 rings (SSSR count). The van der Waals surface area contributed by atoms with Gasteiger partial charge >= 0.3 is 0 Å². The Bertz CT molecular complexity index is 1190. The fourth-order valence-electron chi connectivity index (χ4n) is 3.13. The average molecular weight is 436 g/mol. The van der Waals surface area contributed by atoms with Crippen molar-refractivity contribution in [1.82, 2.24) is 9.55 Å². The fraction of sp³-hybridized carbons (Fsp3) is 0.0833. The summed E-state index contributed by atoms with van der Waals surface area (Å²) in [6, 6.07) is 20.5. The molecule has 0 atom stereocenters. The second-order valence-electron chi connectivity index (χ2n) is 6.87. The van der Waals surface area contributed by atoms with Crippen LogP contribution in [0.25, 0.3) is 5.69 Å². The molecule has 0 aliphatic heterocycles. The lowest BCUT2D eigenvalue weighted by molar-refractivity contribution is 0.102. The SMILES string of the molecule is COc1ccc(NC(=O)c2cn(-c3ccc(Cl)cc3)c(Cc3ccc(F)cc3)n2)cc1. The lowest BCUT2D eigenvalue weighted by Gasteiger charge is -2.08. The third-order valence-electron chi connectivity index (χ3n) is 4.74. The maximum absolute atomic E-state index is 13.3. The Morgan fingerprint density at radius 3 is 2.35 bits per heavy atom. The fourth-order valence-corrected chi connectivity index (χ4v) is 3.26. The van der Waals surface area contributed by atoms with Crippen molar-refractivity contribution < 1.29 is 13.9 Å². The second kappa shape index (κ2) is 9.02. The zero-order valence-electron chi connectivity index (χ0n) is 16.7. The third-order valence-corrected chi connectivity index (χ3v) is 4.99. The molecule has 4 aromatic rings. The van der Waals surface area contributed by atoms with Gasteiger partial charge in [0.2, 0.25) is 0 Å². The van der Waals surface area contributed by atoms with E-state index >= 15 is 0 Å². The normalized spacial score (nSPS) is 10.7. The van der Waals surface area contributed by atoms with E-state index in [1.807, 2.05) is 16.7 Å². The van der Waals surface area contributed by atoms with Crippen LogP contribution in [-0.4, -0.2) is 22.6 Å². The summed E-state index contributed by atoms with van der Waals surface area (Å²) >= 11 is 6.02. The summed E-state index contributed by atoms with van der Waals surface area (Å²) in [6.07, 6.45) is 2.11. The number of hydrogen-bond donors (Lipinski definition) is 1. The number of methoxy groups -OCH3 is 1. The third kappa shape index (κ3) is 4.92. The molecule has 0 aliphatic rings. The Kier molecular flexibility index (Phi) is 6.00. The highest BCUT2D eigenvalue weighted by molar-refractivity contribution is 6.30. The van der Waals surface area contributed by atoms with E-state index in [-0.39, 0.29) is 17.4 Å². The van der Waals surface area contributed by atoms with Gasteiger partial charge in [-0.25, -0.2) is 9.37 Å². The Hall–Kier alpha value is -3.64. The lowest BCUT2D eigenvalue weighted by Crippen LogP contribution is -2.12. The number of imidazole rings is 1. The van der Waals surface area contributed by atoms with Gasteiger partial charge in [0.15, 0.2) is 0 Å². The van der Waals surface area contributed by atoms with Crippen LogP contribution in [0.3, 0.4) is 0 Å². The van der Waals surface area contributed by atoms with Crippen LogP contribution in [0.4, 0.5) is 10.1 Å². The van der Waals surface area contributed by atoms with Crippen molar-refractivity contribution in [2.45, 2.75) is 6.42 Å². The van der Waals surface area contributed by atoms with Crippen molar-refractivity contribution in [2.24, 2.45) is 0 Å². The molecule has 31 heavy (non-hydrogen) atoms. The molecule has 0 radical (unpaired) electrons. The van der Waals surface area contributed by atoms with Gasteiger partial charge in [-0.1, -0.05) is 23.7 Å².